The Kier molecular flexibility index (Phi) is 5.76. The number of aromatic nitrogens is 1. The van der Waals surface area contributed by atoms with Gasteiger partial charge in [-0.15, -0.1) is 0 Å². The molecule has 1 rings (SSSR count). The van der Waals surface area contributed by atoms with Gasteiger partial charge in [0.15, 0.2) is 0 Å². The lowest BCUT2D eigenvalue weighted by Crippen LogP contribution is -2.46. The van der Waals surface area contributed by atoms with Gasteiger partial charge in [0, 0.05) is 28.8 Å². The van der Waals surface area contributed by atoms with Crippen LogP contribution in [0.5, 0.6) is 0 Å². The van der Waals surface area contributed by atoms with Gasteiger partial charge in [-0.1, -0.05) is 39.3 Å². The molecule has 1 amide bonds. The Hall–Kier alpha value is -1.13. The molecule has 0 bridgehead atoms. The van der Waals surface area contributed by atoms with E-state index in [2.05, 4.69) is 10.3 Å². The molecule has 0 aliphatic rings. The lowest BCUT2D eigenvalue weighted by atomic mass is 9.90. The quantitative estimate of drug-likeness (QED) is 0.820. The highest BCUT2D eigenvalue weighted by atomic mass is 35.5. The highest BCUT2D eigenvalue weighted by Gasteiger charge is 2.25. The first-order valence-corrected chi connectivity index (χ1v) is 7.60. The van der Waals surface area contributed by atoms with E-state index in [9.17, 15) is 4.79 Å². The first-order valence-electron chi connectivity index (χ1n) is 7.23. The summed E-state index contributed by atoms with van der Waals surface area (Å²) in [6, 6.07) is 3.34. The lowest BCUT2D eigenvalue weighted by Gasteiger charge is -2.29. The molecule has 1 heterocycles. The number of rotatable bonds is 5. The molecule has 0 aliphatic carbocycles. The molecule has 5 heteroatoms. The van der Waals surface area contributed by atoms with Crippen molar-refractivity contribution in [3.05, 3.63) is 28.5 Å². The minimum Gasteiger partial charge on any atom is -0.396 e. The van der Waals surface area contributed by atoms with E-state index in [1.54, 1.807) is 12.1 Å². The van der Waals surface area contributed by atoms with Crippen LogP contribution in [-0.2, 0) is 5.41 Å². The molecular formula is C16H25ClN2O2. The summed E-state index contributed by atoms with van der Waals surface area (Å²) in [5.74, 6) is -0.192. The first kappa shape index (κ1) is 17.9. The first-order chi connectivity index (χ1) is 9.61. The van der Waals surface area contributed by atoms with E-state index in [4.69, 9.17) is 16.7 Å². The summed E-state index contributed by atoms with van der Waals surface area (Å²) in [4.78, 5) is 16.7. The summed E-state index contributed by atoms with van der Waals surface area (Å²) in [6.07, 6.45) is 1.25. The Bertz CT molecular complexity index is 511. The van der Waals surface area contributed by atoms with Crippen LogP contribution in [-0.4, -0.2) is 28.1 Å². The van der Waals surface area contributed by atoms with Crippen LogP contribution in [0.3, 0.4) is 0 Å². The van der Waals surface area contributed by atoms with E-state index >= 15 is 0 Å². The van der Waals surface area contributed by atoms with Crippen molar-refractivity contribution in [1.29, 1.82) is 0 Å². The van der Waals surface area contributed by atoms with Gasteiger partial charge in [-0.3, -0.25) is 4.79 Å². The molecule has 0 fully saturated rings. The summed E-state index contributed by atoms with van der Waals surface area (Å²) >= 11 is 6.04. The van der Waals surface area contributed by atoms with Gasteiger partial charge in [-0.2, -0.15) is 0 Å². The number of carbonyl (C=O) groups excluding carboxylic acids is 1. The predicted octanol–water partition coefficient (Wildman–Crippen LogP) is 3.31. The number of amides is 1. The van der Waals surface area contributed by atoms with Crippen molar-refractivity contribution in [3.63, 3.8) is 0 Å². The highest BCUT2D eigenvalue weighted by Crippen LogP contribution is 2.24. The topological polar surface area (TPSA) is 62.2 Å². The van der Waals surface area contributed by atoms with Crippen molar-refractivity contribution in [1.82, 2.24) is 10.3 Å². The number of nitrogens with zero attached hydrogens (tertiary/aromatic N) is 1. The molecular weight excluding hydrogens is 288 g/mol. The average Bonchev–Trinajstić information content (AvgIpc) is 2.37. The average molecular weight is 313 g/mol. The normalized spacial score (nSPS) is 14.6. The largest absolute Gasteiger partial charge is 0.396 e. The molecule has 1 atom stereocenters. The second kappa shape index (κ2) is 6.75. The molecule has 118 valence electrons. The number of carbonyl (C=O) groups is 1. The van der Waals surface area contributed by atoms with Crippen LogP contribution in [0.2, 0.25) is 5.15 Å². The number of aliphatic hydroxyl groups excluding tert-OH is 1. The Balaban J connectivity index is 3.05. The molecule has 1 unspecified atom stereocenters. The summed E-state index contributed by atoms with van der Waals surface area (Å²) < 4.78 is 0. The van der Waals surface area contributed by atoms with E-state index in [-0.39, 0.29) is 17.9 Å². The Morgan fingerprint density at radius 2 is 1.95 bits per heavy atom. The summed E-state index contributed by atoms with van der Waals surface area (Å²) in [7, 11) is 0. The zero-order valence-electron chi connectivity index (χ0n) is 13.5. The molecule has 0 aromatic carbocycles. The molecule has 4 nitrogen and oxygen atoms in total. The third-order valence-electron chi connectivity index (χ3n) is 3.68. The minimum atomic E-state index is -0.427. The van der Waals surface area contributed by atoms with Crippen molar-refractivity contribution < 1.29 is 9.90 Å². The Morgan fingerprint density at radius 3 is 2.43 bits per heavy atom. The second-order valence-electron chi connectivity index (χ2n) is 6.66. The van der Waals surface area contributed by atoms with Crippen LogP contribution < -0.4 is 5.32 Å². The van der Waals surface area contributed by atoms with Crippen LogP contribution in [0.15, 0.2) is 12.1 Å². The van der Waals surface area contributed by atoms with Crippen molar-refractivity contribution in [2.24, 2.45) is 0 Å². The third-order valence-corrected chi connectivity index (χ3v) is 3.88. The zero-order chi connectivity index (χ0) is 16.3. The molecule has 0 saturated carbocycles. The van der Waals surface area contributed by atoms with Crippen LogP contribution >= 0.6 is 11.6 Å². The number of hydrogen-bond acceptors (Lipinski definition) is 3. The van der Waals surface area contributed by atoms with Gasteiger partial charge in [0.05, 0.1) is 0 Å². The van der Waals surface area contributed by atoms with Crippen molar-refractivity contribution in [3.8, 4) is 0 Å². The fourth-order valence-corrected chi connectivity index (χ4v) is 2.14. The van der Waals surface area contributed by atoms with Crippen LogP contribution in [0.1, 0.15) is 63.5 Å². The molecule has 1 aromatic rings. The second-order valence-corrected chi connectivity index (χ2v) is 7.04. The van der Waals surface area contributed by atoms with E-state index in [1.165, 1.54) is 0 Å². The van der Waals surface area contributed by atoms with Gasteiger partial charge in [0.1, 0.15) is 5.15 Å². The fourth-order valence-electron chi connectivity index (χ4n) is 1.93. The van der Waals surface area contributed by atoms with Gasteiger partial charge < -0.3 is 10.4 Å². The number of aliphatic hydroxyl groups is 1. The Labute approximate surface area is 131 Å². The molecule has 0 radical (unpaired) electrons. The summed E-state index contributed by atoms with van der Waals surface area (Å²) in [5, 5.41) is 12.4. The van der Waals surface area contributed by atoms with Gasteiger partial charge in [0.2, 0.25) is 0 Å². The SMILES string of the molecule is CCC(C)(CCO)NC(=O)c1cc(Cl)nc(C(C)(C)C)c1. The maximum Gasteiger partial charge on any atom is 0.251 e. The number of pyridine rings is 1. The van der Waals surface area contributed by atoms with E-state index < -0.39 is 5.54 Å². The molecule has 1 aromatic heterocycles. The maximum absolute atomic E-state index is 12.4. The molecule has 0 spiro atoms. The van der Waals surface area contributed by atoms with E-state index in [0.717, 1.165) is 12.1 Å². The van der Waals surface area contributed by atoms with Gasteiger partial charge in [-0.25, -0.2) is 4.98 Å². The number of hydrogen-bond donors (Lipinski definition) is 2. The van der Waals surface area contributed by atoms with Crippen molar-refractivity contribution in [2.75, 3.05) is 6.61 Å². The Morgan fingerprint density at radius 1 is 1.33 bits per heavy atom. The molecule has 0 saturated heterocycles. The molecule has 2 N–H and O–H groups in total. The monoisotopic (exact) mass is 312 g/mol. The van der Waals surface area contributed by atoms with E-state index in [1.807, 2.05) is 34.6 Å². The smallest absolute Gasteiger partial charge is 0.251 e. The molecule has 0 aliphatic heterocycles. The summed E-state index contributed by atoms with van der Waals surface area (Å²) in [5.41, 5.74) is 0.667. The minimum absolute atomic E-state index is 0.0367. The van der Waals surface area contributed by atoms with Crippen LogP contribution in [0.25, 0.3) is 0 Å². The molecule has 21 heavy (non-hydrogen) atoms. The number of halogens is 1. The van der Waals surface area contributed by atoms with Gasteiger partial charge in [0.25, 0.3) is 5.91 Å². The fraction of sp³-hybridized carbons (Fsp3) is 0.625. The van der Waals surface area contributed by atoms with Gasteiger partial charge in [-0.05, 0) is 31.9 Å². The third kappa shape index (κ3) is 4.97. The predicted molar refractivity (Wildman–Crippen MR) is 85.8 cm³/mol. The van der Waals surface area contributed by atoms with Gasteiger partial charge >= 0.3 is 0 Å². The van der Waals surface area contributed by atoms with E-state index in [0.29, 0.717) is 17.1 Å². The highest BCUT2D eigenvalue weighted by molar-refractivity contribution is 6.29. The number of nitrogens with one attached hydrogen (secondary N) is 1. The standard InChI is InChI=1S/C16H25ClN2O2/c1-6-16(5,7-8-20)19-14(21)11-9-12(15(2,3)4)18-13(17)10-11/h9-10,20H,6-8H2,1-5H3,(H,19,21). The van der Waals surface area contributed by atoms with Crippen LogP contribution in [0.4, 0.5) is 0 Å². The lowest BCUT2D eigenvalue weighted by molar-refractivity contribution is 0.0886. The van der Waals surface area contributed by atoms with Crippen molar-refractivity contribution in [2.45, 2.75) is 58.4 Å². The maximum atomic E-state index is 12.4. The van der Waals surface area contributed by atoms with Crippen molar-refractivity contribution >= 4 is 17.5 Å². The zero-order valence-corrected chi connectivity index (χ0v) is 14.2. The van der Waals surface area contributed by atoms with Crippen LogP contribution in [0, 0.1) is 0 Å². The summed E-state index contributed by atoms with van der Waals surface area (Å²) in [6.45, 7) is 10.0.